The number of piperidine rings is 1. The van der Waals surface area contributed by atoms with Crippen LogP contribution < -0.4 is 5.32 Å². The smallest absolute Gasteiger partial charge is 0.125 e. The van der Waals surface area contributed by atoms with Crippen molar-refractivity contribution in [2.75, 3.05) is 6.54 Å². The molecular formula is C15H17FN2. The topological polar surface area (TPSA) is 17.0 Å². The average Bonchev–Trinajstić information content (AvgIpc) is 2.76. The zero-order valence-electron chi connectivity index (χ0n) is 10.7. The molecular weight excluding hydrogens is 227 g/mol. The van der Waals surface area contributed by atoms with Crippen molar-refractivity contribution >= 4 is 10.9 Å². The van der Waals surface area contributed by atoms with E-state index in [-0.39, 0.29) is 5.82 Å². The molecule has 1 aromatic carbocycles. The van der Waals surface area contributed by atoms with Gasteiger partial charge in [0.2, 0.25) is 0 Å². The van der Waals surface area contributed by atoms with Crippen LogP contribution in [0.4, 0.5) is 4.39 Å². The lowest BCUT2D eigenvalue weighted by Gasteiger charge is -2.21. The Morgan fingerprint density at radius 1 is 1.33 bits per heavy atom. The van der Waals surface area contributed by atoms with Crippen molar-refractivity contribution in [1.82, 2.24) is 9.88 Å². The zero-order valence-corrected chi connectivity index (χ0v) is 10.7. The molecule has 2 fully saturated rings. The predicted octanol–water partition coefficient (Wildman–Crippen LogP) is 3.15. The standard InChI is InChI=1S/C15H17FN2/c1-15(2)11-8-17-14(13(11)15)18-6-5-9-3-4-10(16)7-12(9)18/h3-7,11,13-14,17H,8H2,1-2H3/t11-,13-,14-/m0/s1. The van der Waals surface area contributed by atoms with Crippen molar-refractivity contribution in [1.29, 1.82) is 0 Å². The maximum atomic E-state index is 13.4. The Balaban J connectivity index is 1.82. The molecule has 94 valence electrons. The molecule has 2 heterocycles. The monoisotopic (exact) mass is 244 g/mol. The third-order valence-electron chi connectivity index (χ3n) is 5.01. The highest BCUT2D eigenvalue weighted by molar-refractivity contribution is 5.80. The quantitative estimate of drug-likeness (QED) is 0.815. The fourth-order valence-electron chi connectivity index (χ4n) is 3.81. The molecule has 2 nitrogen and oxygen atoms in total. The molecule has 0 bridgehead atoms. The molecule has 0 unspecified atom stereocenters. The molecule has 2 aliphatic rings. The average molecular weight is 244 g/mol. The van der Waals surface area contributed by atoms with Crippen LogP contribution in [0.15, 0.2) is 30.5 Å². The van der Waals surface area contributed by atoms with Gasteiger partial charge in [0.1, 0.15) is 5.82 Å². The van der Waals surface area contributed by atoms with Crippen molar-refractivity contribution in [3.63, 3.8) is 0 Å². The summed E-state index contributed by atoms with van der Waals surface area (Å²) in [5.41, 5.74) is 1.43. The maximum absolute atomic E-state index is 13.4. The van der Waals surface area contributed by atoms with Crippen molar-refractivity contribution in [2.24, 2.45) is 17.3 Å². The van der Waals surface area contributed by atoms with Crippen LogP contribution in [0.5, 0.6) is 0 Å². The fourth-order valence-corrected chi connectivity index (χ4v) is 3.81. The molecule has 3 atom stereocenters. The highest BCUT2D eigenvalue weighted by Crippen LogP contribution is 2.65. The van der Waals surface area contributed by atoms with Crippen molar-refractivity contribution in [2.45, 2.75) is 20.0 Å². The minimum Gasteiger partial charge on any atom is -0.331 e. The summed E-state index contributed by atoms with van der Waals surface area (Å²) in [7, 11) is 0. The van der Waals surface area contributed by atoms with E-state index in [1.165, 1.54) is 6.07 Å². The summed E-state index contributed by atoms with van der Waals surface area (Å²) in [6, 6.07) is 7.09. The van der Waals surface area contributed by atoms with Gasteiger partial charge < -0.3 is 4.57 Å². The van der Waals surface area contributed by atoms with Gasteiger partial charge >= 0.3 is 0 Å². The number of fused-ring (bicyclic) bond motifs is 2. The first-order valence-electron chi connectivity index (χ1n) is 6.58. The van der Waals surface area contributed by atoms with Gasteiger partial charge in [0.25, 0.3) is 0 Å². The van der Waals surface area contributed by atoms with Gasteiger partial charge in [-0.05, 0) is 41.0 Å². The van der Waals surface area contributed by atoms with Crippen LogP contribution in [0.2, 0.25) is 0 Å². The molecule has 1 aliphatic carbocycles. The minimum atomic E-state index is -0.160. The first-order chi connectivity index (χ1) is 8.59. The normalized spacial score (nSPS) is 32.7. The van der Waals surface area contributed by atoms with Gasteiger partial charge in [0.05, 0.1) is 11.7 Å². The second-order valence-electron chi connectivity index (χ2n) is 6.23. The Kier molecular flexibility index (Phi) is 1.85. The van der Waals surface area contributed by atoms with E-state index in [2.05, 4.69) is 36.0 Å². The SMILES string of the molecule is CC1(C)[C@@H]2[C@H](n3ccc4ccc(F)cc43)NC[C@@H]21. The van der Waals surface area contributed by atoms with E-state index in [0.717, 1.165) is 23.4 Å². The van der Waals surface area contributed by atoms with E-state index in [1.54, 1.807) is 6.07 Å². The van der Waals surface area contributed by atoms with E-state index in [1.807, 2.05) is 6.07 Å². The van der Waals surface area contributed by atoms with Crippen molar-refractivity contribution in [3.05, 3.63) is 36.3 Å². The van der Waals surface area contributed by atoms with E-state index in [0.29, 0.717) is 17.5 Å². The lowest BCUT2D eigenvalue weighted by atomic mass is 10.1. The molecule has 1 N–H and O–H groups in total. The summed E-state index contributed by atoms with van der Waals surface area (Å²) in [6.07, 6.45) is 2.41. The Hall–Kier alpha value is -1.35. The van der Waals surface area contributed by atoms with Crippen LogP contribution in [0, 0.1) is 23.1 Å². The highest BCUT2D eigenvalue weighted by Gasteiger charge is 2.64. The molecule has 1 aromatic heterocycles. The summed E-state index contributed by atoms with van der Waals surface area (Å²) < 4.78 is 15.6. The summed E-state index contributed by atoms with van der Waals surface area (Å²) in [6.45, 7) is 5.75. The number of hydrogen-bond donors (Lipinski definition) is 1. The summed E-state index contributed by atoms with van der Waals surface area (Å²) in [4.78, 5) is 0. The molecule has 0 spiro atoms. The second kappa shape index (κ2) is 3.15. The third-order valence-corrected chi connectivity index (χ3v) is 5.01. The molecule has 0 radical (unpaired) electrons. The van der Waals surface area contributed by atoms with Crippen LogP contribution in [-0.4, -0.2) is 11.1 Å². The first kappa shape index (κ1) is 10.6. The van der Waals surface area contributed by atoms with Gasteiger partial charge in [0.15, 0.2) is 0 Å². The van der Waals surface area contributed by atoms with Crippen LogP contribution in [0.1, 0.15) is 20.0 Å². The van der Waals surface area contributed by atoms with Crippen LogP contribution in [-0.2, 0) is 0 Å². The van der Waals surface area contributed by atoms with E-state index >= 15 is 0 Å². The summed E-state index contributed by atoms with van der Waals surface area (Å²) in [5.74, 6) is 1.29. The van der Waals surface area contributed by atoms with E-state index in [9.17, 15) is 4.39 Å². The Labute approximate surface area is 106 Å². The number of nitrogens with zero attached hydrogens (tertiary/aromatic N) is 1. The molecule has 1 saturated carbocycles. The van der Waals surface area contributed by atoms with Gasteiger partial charge in [-0.2, -0.15) is 0 Å². The molecule has 18 heavy (non-hydrogen) atoms. The lowest BCUT2D eigenvalue weighted by Crippen LogP contribution is -2.27. The summed E-state index contributed by atoms with van der Waals surface area (Å²) in [5, 5.41) is 4.68. The summed E-state index contributed by atoms with van der Waals surface area (Å²) >= 11 is 0. The van der Waals surface area contributed by atoms with Gasteiger partial charge in [-0.3, -0.25) is 5.32 Å². The van der Waals surface area contributed by atoms with Crippen molar-refractivity contribution in [3.8, 4) is 0 Å². The molecule has 2 aromatic rings. The zero-order chi connectivity index (χ0) is 12.5. The molecule has 1 saturated heterocycles. The van der Waals surface area contributed by atoms with Crippen LogP contribution in [0.3, 0.4) is 0 Å². The first-order valence-corrected chi connectivity index (χ1v) is 6.58. The second-order valence-corrected chi connectivity index (χ2v) is 6.23. The molecule has 1 aliphatic heterocycles. The van der Waals surface area contributed by atoms with Gasteiger partial charge in [0, 0.05) is 18.7 Å². The highest BCUT2D eigenvalue weighted by atomic mass is 19.1. The molecule has 3 heteroatoms. The van der Waals surface area contributed by atoms with Gasteiger partial charge in [-0.1, -0.05) is 13.8 Å². The van der Waals surface area contributed by atoms with Crippen LogP contribution in [0.25, 0.3) is 10.9 Å². The fraction of sp³-hybridized carbons (Fsp3) is 0.467. The third kappa shape index (κ3) is 1.20. The van der Waals surface area contributed by atoms with E-state index < -0.39 is 0 Å². The van der Waals surface area contributed by atoms with Crippen molar-refractivity contribution < 1.29 is 4.39 Å². The predicted molar refractivity (Wildman–Crippen MR) is 69.7 cm³/mol. The van der Waals surface area contributed by atoms with Gasteiger partial charge in [-0.15, -0.1) is 0 Å². The Morgan fingerprint density at radius 2 is 2.17 bits per heavy atom. The van der Waals surface area contributed by atoms with E-state index in [4.69, 9.17) is 0 Å². The Morgan fingerprint density at radius 3 is 2.89 bits per heavy atom. The molecule has 4 rings (SSSR count). The van der Waals surface area contributed by atoms with Crippen LogP contribution >= 0.6 is 0 Å². The maximum Gasteiger partial charge on any atom is 0.125 e. The minimum absolute atomic E-state index is 0.160. The largest absolute Gasteiger partial charge is 0.331 e. The number of benzene rings is 1. The number of aromatic nitrogens is 1. The number of halogens is 1. The number of rotatable bonds is 1. The lowest BCUT2D eigenvalue weighted by molar-refractivity contribution is 0.339. The molecule has 0 amide bonds. The Bertz CT molecular complexity index is 628. The number of hydrogen-bond acceptors (Lipinski definition) is 1. The van der Waals surface area contributed by atoms with Gasteiger partial charge in [-0.25, -0.2) is 4.39 Å². The number of nitrogens with one attached hydrogen (secondary N) is 1.